The van der Waals surface area contributed by atoms with Gasteiger partial charge in [-0.05, 0) is 5.56 Å². The summed E-state index contributed by atoms with van der Waals surface area (Å²) in [5.74, 6) is -5.38. The SMILES string of the molecule is CC1C(C(=O)O)=CC=CC1(C(=O)O)c1ccc([N+](=O)[O-])cc1.O=C(O)CCC(=O)O. The van der Waals surface area contributed by atoms with Crippen LogP contribution in [0.25, 0.3) is 0 Å². The summed E-state index contributed by atoms with van der Waals surface area (Å²) in [6.45, 7) is 1.51. The van der Waals surface area contributed by atoms with Gasteiger partial charge in [0.25, 0.3) is 5.69 Å². The van der Waals surface area contributed by atoms with Crippen molar-refractivity contribution in [2.24, 2.45) is 5.92 Å². The first-order valence-electron chi connectivity index (χ1n) is 8.48. The van der Waals surface area contributed by atoms with Crippen molar-refractivity contribution in [2.45, 2.75) is 25.2 Å². The fourth-order valence-corrected chi connectivity index (χ4v) is 2.89. The molecule has 0 saturated carbocycles. The van der Waals surface area contributed by atoms with E-state index < -0.39 is 40.1 Å². The molecule has 0 heterocycles. The van der Waals surface area contributed by atoms with Gasteiger partial charge in [0.15, 0.2) is 0 Å². The number of non-ortho nitro benzene ring substituents is 1. The van der Waals surface area contributed by atoms with Crippen molar-refractivity contribution in [3.8, 4) is 0 Å². The Labute approximate surface area is 169 Å². The van der Waals surface area contributed by atoms with E-state index in [1.807, 2.05) is 0 Å². The molecule has 1 aromatic rings. The summed E-state index contributed by atoms with van der Waals surface area (Å²) >= 11 is 0. The summed E-state index contributed by atoms with van der Waals surface area (Å²) in [5, 5.41) is 45.4. The molecule has 30 heavy (non-hydrogen) atoms. The van der Waals surface area contributed by atoms with Gasteiger partial charge in [-0.3, -0.25) is 24.5 Å². The molecule has 2 unspecified atom stereocenters. The number of rotatable bonds is 7. The molecule has 11 heteroatoms. The van der Waals surface area contributed by atoms with Crippen LogP contribution in [0.4, 0.5) is 5.69 Å². The van der Waals surface area contributed by atoms with Gasteiger partial charge >= 0.3 is 23.9 Å². The summed E-state index contributed by atoms with van der Waals surface area (Å²) in [4.78, 5) is 52.5. The number of carboxylic acids is 4. The fraction of sp³-hybridized carbons (Fsp3) is 0.263. The maximum Gasteiger partial charge on any atom is 0.331 e. The van der Waals surface area contributed by atoms with Crippen LogP contribution in [0.3, 0.4) is 0 Å². The van der Waals surface area contributed by atoms with Crippen LogP contribution >= 0.6 is 0 Å². The van der Waals surface area contributed by atoms with Crippen molar-refractivity contribution in [3.05, 3.63) is 63.7 Å². The quantitative estimate of drug-likeness (QED) is 0.374. The smallest absolute Gasteiger partial charge is 0.331 e. The van der Waals surface area contributed by atoms with Gasteiger partial charge in [-0.25, -0.2) is 4.79 Å². The second-order valence-corrected chi connectivity index (χ2v) is 6.27. The molecule has 0 amide bonds. The van der Waals surface area contributed by atoms with Crippen molar-refractivity contribution in [1.82, 2.24) is 0 Å². The van der Waals surface area contributed by atoms with Gasteiger partial charge in [0.1, 0.15) is 5.41 Å². The standard InChI is InChI=1S/C15H13NO6.C4H6O4/c1-9-12(13(17)18)3-2-8-15(9,14(19)20)10-4-6-11(7-5-10)16(21)22;5-3(6)1-2-4(7)8/h2-9H,1H3,(H,17,18)(H,19,20);1-2H2,(H,5,6)(H,7,8). The van der Waals surface area contributed by atoms with Crippen LogP contribution in [0.2, 0.25) is 0 Å². The average Bonchev–Trinajstić information content (AvgIpc) is 2.66. The van der Waals surface area contributed by atoms with Gasteiger partial charge in [0.05, 0.1) is 17.8 Å². The number of carboxylic acid groups (broad SMARTS) is 4. The van der Waals surface area contributed by atoms with E-state index >= 15 is 0 Å². The monoisotopic (exact) mass is 421 g/mol. The summed E-state index contributed by atoms with van der Waals surface area (Å²) in [6.07, 6.45) is 3.57. The first-order valence-corrected chi connectivity index (χ1v) is 8.48. The molecular weight excluding hydrogens is 402 g/mol. The molecule has 160 valence electrons. The number of nitrogens with zero attached hydrogens (tertiary/aromatic N) is 1. The molecule has 0 spiro atoms. The molecule has 0 fully saturated rings. The molecule has 0 radical (unpaired) electrons. The summed E-state index contributed by atoms with van der Waals surface area (Å²) in [7, 11) is 0. The normalized spacial score (nSPS) is 19.6. The highest BCUT2D eigenvalue weighted by molar-refractivity contribution is 5.93. The molecule has 1 aliphatic rings. The first-order chi connectivity index (χ1) is 13.9. The van der Waals surface area contributed by atoms with Crippen LogP contribution < -0.4 is 0 Å². The molecule has 11 nitrogen and oxygen atoms in total. The highest BCUT2D eigenvalue weighted by atomic mass is 16.6. The minimum absolute atomic E-state index is 0.0248. The van der Waals surface area contributed by atoms with Crippen LogP contribution in [-0.2, 0) is 24.6 Å². The minimum Gasteiger partial charge on any atom is -0.481 e. The van der Waals surface area contributed by atoms with Crippen molar-refractivity contribution >= 4 is 29.6 Å². The second-order valence-electron chi connectivity index (χ2n) is 6.27. The predicted octanol–water partition coefficient (Wildman–Crippen LogP) is 2.07. The van der Waals surface area contributed by atoms with E-state index in [-0.39, 0.29) is 24.1 Å². The largest absolute Gasteiger partial charge is 0.481 e. The maximum atomic E-state index is 11.9. The molecule has 0 aromatic heterocycles. The van der Waals surface area contributed by atoms with Crippen molar-refractivity contribution < 1.29 is 44.5 Å². The predicted molar refractivity (Wildman–Crippen MR) is 101 cm³/mol. The molecule has 1 aliphatic carbocycles. The van der Waals surface area contributed by atoms with E-state index in [9.17, 15) is 39.5 Å². The lowest BCUT2D eigenvalue weighted by Crippen LogP contribution is -2.43. The topological polar surface area (TPSA) is 192 Å². The minimum atomic E-state index is -1.57. The van der Waals surface area contributed by atoms with Crippen LogP contribution in [0.1, 0.15) is 25.3 Å². The Morgan fingerprint density at radius 2 is 1.50 bits per heavy atom. The number of hydrogen-bond donors (Lipinski definition) is 4. The Morgan fingerprint density at radius 3 is 1.87 bits per heavy atom. The zero-order valence-electron chi connectivity index (χ0n) is 15.7. The third-order valence-corrected chi connectivity index (χ3v) is 4.49. The van der Waals surface area contributed by atoms with Crippen LogP contribution in [-0.4, -0.2) is 49.2 Å². The molecule has 2 rings (SSSR count). The molecule has 0 bridgehead atoms. The number of carbonyl (C=O) groups is 4. The lowest BCUT2D eigenvalue weighted by molar-refractivity contribution is -0.384. The summed E-state index contributed by atoms with van der Waals surface area (Å²) < 4.78 is 0. The number of aliphatic carboxylic acids is 4. The van der Waals surface area contributed by atoms with Gasteiger partial charge in [0.2, 0.25) is 0 Å². The molecular formula is C19H19NO10. The second kappa shape index (κ2) is 9.96. The molecule has 2 atom stereocenters. The Bertz CT molecular complexity index is 902. The van der Waals surface area contributed by atoms with E-state index in [2.05, 4.69) is 0 Å². The van der Waals surface area contributed by atoms with Gasteiger partial charge in [-0.1, -0.05) is 37.3 Å². The zero-order valence-corrected chi connectivity index (χ0v) is 15.7. The Morgan fingerprint density at radius 1 is 1.00 bits per heavy atom. The van der Waals surface area contributed by atoms with Gasteiger partial charge in [0, 0.05) is 23.6 Å². The van der Waals surface area contributed by atoms with Gasteiger partial charge < -0.3 is 20.4 Å². The van der Waals surface area contributed by atoms with E-state index in [0.717, 1.165) is 0 Å². The van der Waals surface area contributed by atoms with Crippen LogP contribution in [0.5, 0.6) is 0 Å². The number of hydrogen-bond acceptors (Lipinski definition) is 6. The third kappa shape index (κ3) is 5.50. The van der Waals surface area contributed by atoms with Crippen molar-refractivity contribution in [2.75, 3.05) is 0 Å². The van der Waals surface area contributed by atoms with E-state index in [4.69, 9.17) is 10.2 Å². The maximum absolute atomic E-state index is 11.9. The van der Waals surface area contributed by atoms with Crippen molar-refractivity contribution in [3.63, 3.8) is 0 Å². The summed E-state index contributed by atoms with van der Waals surface area (Å²) in [5.41, 5.74) is -1.47. The number of allylic oxidation sites excluding steroid dienone is 2. The lowest BCUT2D eigenvalue weighted by Gasteiger charge is -2.35. The van der Waals surface area contributed by atoms with E-state index in [1.54, 1.807) is 0 Å². The Balaban J connectivity index is 0.000000479. The average molecular weight is 421 g/mol. The lowest BCUT2D eigenvalue weighted by atomic mass is 9.66. The molecule has 0 saturated heterocycles. The van der Waals surface area contributed by atoms with Gasteiger partial charge in [-0.2, -0.15) is 0 Å². The third-order valence-electron chi connectivity index (χ3n) is 4.49. The molecule has 1 aromatic carbocycles. The van der Waals surface area contributed by atoms with Gasteiger partial charge in [-0.15, -0.1) is 0 Å². The van der Waals surface area contributed by atoms with Crippen LogP contribution in [0.15, 0.2) is 48.1 Å². The first kappa shape index (κ1) is 24.0. The number of benzene rings is 1. The molecule has 0 aliphatic heterocycles. The Hall–Kier alpha value is -4.02. The highest BCUT2D eigenvalue weighted by Gasteiger charge is 2.47. The van der Waals surface area contributed by atoms with Crippen molar-refractivity contribution in [1.29, 1.82) is 0 Å². The fourth-order valence-electron chi connectivity index (χ4n) is 2.89. The number of nitro benzene ring substituents is 1. The molecule has 4 N–H and O–H groups in total. The zero-order chi connectivity index (χ0) is 23.1. The van der Waals surface area contributed by atoms with Crippen LogP contribution in [0, 0.1) is 16.0 Å². The highest BCUT2D eigenvalue weighted by Crippen LogP contribution is 2.41. The number of nitro groups is 1. The van der Waals surface area contributed by atoms with E-state index in [1.165, 1.54) is 49.4 Å². The van der Waals surface area contributed by atoms with E-state index in [0.29, 0.717) is 5.56 Å². The summed E-state index contributed by atoms with van der Waals surface area (Å²) in [6, 6.07) is 5.11. The Kier molecular flexibility index (Phi) is 7.97.